The SMILES string of the molecule is COCCOCC(O)CC1(S(=O)(=O)Cl)CC1. The molecule has 0 amide bonds. The number of aliphatic hydroxyl groups excluding tert-OH is 1. The van der Waals surface area contributed by atoms with Crippen molar-refractivity contribution in [2.75, 3.05) is 26.9 Å². The molecule has 0 aliphatic heterocycles. The number of halogens is 1. The Bertz CT molecular complexity index is 312. The maximum atomic E-state index is 11.2. The van der Waals surface area contributed by atoms with Crippen molar-refractivity contribution in [3.8, 4) is 0 Å². The molecule has 1 unspecified atom stereocenters. The first-order valence-corrected chi connectivity index (χ1v) is 7.41. The fourth-order valence-electron chi connectivity index (χ4n) is 1.54. The predicted molar refractivity (Wildman–Crippen MR) is 60.1 cm³/mol. The summed E-state index contributed by atoms with van der Waals surface area (Å²) in [6.45, 7) is 0.942. The molecule has 1 aliphatic carbocycles. The van der Waals surface area contributed by atoms with E-state index in [0.717, 1.165) is 0 Å². The van der Waals surface area contributed by atoms with Gasteiger partial charge in [-0.1, -0.05) is 0 Å². The van der Waals surface area contributed by atoms with Gasteiger partial charge in [0.15, 0.2) is 0 Å². The molecule has 1 N–H and O–H groups in total. The molecule has 0 heterocycles. The summed E-state index contributed by atoms with van der Waals surface area (Å²) in [6, 6.07) is 0. The molecule has 96 valence electrons. The molecule has 0 bridgehead atoms. The maximum absolute atomic E-state index is 11.2. The molecule has 5 nitrogen and oxygen atoms in total. The fourth-order valence-corrected chi connectivity index (χ4v) is 3.17. The molecule has 1 saturated carbocycles. The molecular weight excluding hydrogens is 256 g/mol. The molecule has 0 spiro atoms. The minimum absolute atomic E-state index is 0.109. The quantitative estimate of drug-likeness (QED) is 0.515. The number of hydrogen-bond donors (Lipinski definition) is 1. The third kappa shape index (κ3) is 3.85. The van der Waals surface area contributed by atoms with Crippen molar-refractivity contribution in [3.63, 3.8) is 0 Å². The molecule has 0 aromatic rings. The number of aliphatic hydroxyl groups is 1. The van der Waals surface area contributed by atoms with Crippen molar-refractivity contribution >= 4 is 19.7 Å². The van der Waals surface area contributed by atoms with Gasteiger partial charge in [0.1, 0.15) is 0 Å². The summed E-state index contributed by atoms with van der Waals surface area (Å²) in [5.41, 5.74) is 0. The molecule has 1 atom stereocenters. The summed E-state index contributed by atoms with van der Waals surface area (Å²) >= 11 is 0. The van der Waals surface area contributed by atoms with Gasteiger partial charge in [0.25, 0.3) is 0 Å². The minimum atomic E-state index is -3.59. The number of rotatable bonds is 8. The smallest absolute Gasteiger partial charge is 0.238 e. The van der Waals surface area contributed by atoms with Gasteiger partial charge < -0.3 is 14.6 Å². The Labute approximate surface area is 100 Å². The van der Waals surface area contributed by atoms with Gasteiger partial charge in [-0.2, -0.15) is 0 Å². The molecule has 7 heteroatoms. The molecule has 0 aromatic heterocycles. The van der Waals surface area contributed by atoms with E-state index >= 15 is 0 Å². The Kier molecular flexibility index (Phi) is 5.00. The lowest BCUT2D eigenvalue weighted by atomic mass is 10.2. The summed E-state index contributed by atoms with van der Waals surface area (Å²) in [5, 5.41) is 9.60. The highest BCUT2D eigenvalue weighted by molar-refractivity contribution is 8.15. The second-order valence-electron chi connectivity index (χ2n) is 4.05. The van der Waals surface area contributed by atoms with E-state index in [-0.39, 0.29) is 13.0 Å². The Morgan fingerprint density at radius 2 is 2.06 bits per heavy atom. The van der Waals surface area contributed by atoms with E-state index in [9.17, 15) is 13.5 Å². The van der Waals surface area contributed by atoms with Crippen LogP contribution in [0.15, 0.2) is 0 Å². The van der Waals surface area contributed by atoms with Crippen LogP contribution in [0.25, 0.3) is 0 Å². The van der Waals surface area contributed by atoms with Crippen LogP contribution in [0.4, 0.5) is 0 Å². The Morgan fingerprint density at radius 1 is 1.44 bits per heavy atom. The number of hydrogen-bond acceptors (Lipinski definition) is 5. The first kappa shape index (κ1) is 14.2. The van der Waals surface area contributed by atoms with Crippen LogP contribution in [-0.2, 0) is 18.5 Å². The van der Waals surface area contributed by atoms with Crippen LogP contribution in [0.5, 0.6) is 0 Å². The van der Waals surface area contributed by atoms with E-state index in [2.05, 4.69) is 0 Å². The average molecular weight is 273 g/mol. The fraction of sp³-hybridized carbons (Fsp3) is 1.00. The Morgan fingerprint density at radius 3 is 2.50 bits per heavy atom. The zero-order valence-electron chi connectivity index (χ0n) is 9.19. The number of ether oxygens (including phenoxy) is 2. The summed E-state index contributed by atoms with van der Waals surface area (Å²) in [7, 11) is 3.28. The van der Waals surface area contributed by atoms with Crippen molar-refractivity contribution in [3.05, 3.63) is 0 Å². The van der Waals surface area contributed by atoms with E-state index < -0.39 is 19.9 Å². The summed E-state index contributed by atoms with van der Waals surface area (Å²) in [6.07, 6.45) is 0.390. The van der Waals surface area contributed by atoms with Crippen LogP contribution in [-0.4, -0.2) is 51.3 Å². The molecular formula is C9H17ClO5S. The summed E-state index contributed by atoms with van der Waals surface area (Å²) in [5.74, 6) is 0. The van der Waals surface area contributed by atoms with Crippen molar-refractivity contribution in [2.24, 2.45) is 0 Å². The van der Waals surface area contributed by atoms with E-state index in [1.165, 1.54) is 0 Å². The monoisotopic (exact) mass is 272 g/mol. The molecule has 1 fully saturated rings. The normalized spacial score (nSPS) is 20.7. The third-order valence-electron chi connectivity index (χ3n) is 2.67. The van der Waals surface area contributed by atoms with Gasteiger partial charge in [-0.05, 0) is 19.3 Å². The van der Waals surface area contributed by atoms with Crippen LogP contribution in [0, 0.1) is 0 Å². The predicted octanol–water partition coefficient (Wildman–Crippen LogP) is 0.502. The van der Waals surface area contributed by atoms with Crippen molar-refractivity contribution < 1.29 is 23.0 Å². The van der Waals surface area contributed by atoms with Crippen LogP contribution in [0.1, 0.15) is 19.3 Å². The lowest BCUT2D eigenvalue weighted by molar-refractivity contribution is 0.00946. The lowest BCUT2D eigenvalue weighted by Crippen LogP contribution is -2.28. The van der Waals surface area contributed by atoms with Gasteiger partial charge in [0.2, 0.25) is 9.05 Å². The molecule has 0 radical (unpaired) electrons. The molecule has 1 aliphatic rings. The second-order valence-corrected chi connectivity index (χ2v) is 7.01. The van der Waals surface area contributed by atoms with Crippen LogP contribution in [0.2, 0.25) is 0 Å². The van der Waals surface area contributed by atoms with E-state index in [1.807, 2.05) is 0 Å². The van der Waals surface area contributed by atoms with Crippen LogP contribution in [0.3, 0.4) is 0 Å². The summed E-state index contributed by atoms with van der Waals surface area (Å²) in [4.78, 5) is 0. The standard InChI is InChI=1S/C9H17ClO5S/c1-14-4-5-15-7-8(11)6-9(2-3-9)16(10,12)13/h8,11H,2-7H2,1H3. The lowest BCUT2D eigenvalue weighted by Gasteiger charge is -2.16. The summed E-state index contributed by atoms with van der Waals surface area (Å²) < 4.78 is 31.4. The zero-order valence-corrected chi connectivity index (χ0v) is 10.8. The van der Waals surface area contributed by atoms with Gasteiger partial charge in [0.05, 0.1) is 30.7 Å². The van der Waals surface area contributed by atoms with Gasteiger partial charge in [0, 0.05) is 17.8 Å². The minimum Gasteiger partial charge on any atom is -0.391 e. The van der Waals surface area contributed by atoms with E-state index in [1.54, 1.807) is 7.11 Å². The highest BCUT2D eigenvalue weighted by Crippen LogP contribution is 2.49. The topological polar surface area (TPSA) is 72.8 Å². The largest absolute Gasteiger partial charge is 0.391 e. The van der Waals surface area contributed by atoms with Gasteiger partial charge in [-0.15, -0.1) is 0 Å². The first-order chi connectivity index (χ1) is 7.41. The van der Waals surface area contributed by atoms with E-state index in [4.69, 9.17) is 20.2 Å². The molecule has 16 heavy (non-hydrogen) atoms. The highest BCUT2D eigenvalue weighted by Gasteiger charge is 2.54. The number of methoxy groups -OCH3 is 1. The Balaban J connectivity index is 2.27. The average Bonchev–Trinajstić information content (AvgIpc) is 2.92. The first-order valence-electron chi connectivity index (χ1n) is 5.10. The van der Waals surface area contributed by atoms with Crippen molar-refractivity contribution in [1.82, 2.24) is 0 Å². The molecule has 0 aromatic carbocycles. The maximum Gasteiger partial charge on any atom is 0.238 e. The van der Waals surface area contributed by atoms with Gasteiger partial charge in [-0.25, -0.2) is 8.42 Å². The van der Waals surface area contributed by atoms with Crippen LogP contribution >= 0.6 is 10.7 Å². The third-order valence-corrected chi connectivity index (χ3v) is 5.27. The Hall–Kier alpha value is 0.120. The molecule has 0 saturated heterocycles. The molecule has 1 rings (SSSR count). The van der Waals surface area contributed by atoms with Gasteiger partial charge >= 0.3 is 0 Å². The highest BCUT2D eigenvalue weighted by atomic mass is 35.7. The van der Waals surface area contributed by atoms with E-state index in [0.29, 0.717) is 26.1 Å². The van der Waals surface area contributed by atoms with Crippen molar-refractivity contribution in [1.29, 1.82) is 0 Å². The second kappa shape index (κ2) is 5.64. The van der Waals surface area contributed by atoms with Crippen molar-refractivity contribution in [2.45, 2.75) is 30.1 Å². The van der Waals surface area contributed by atoms with Gasteiger partial charge in [-0.3, -0.25) is 0 Å². The zero-order chi connectivity index (χ0) is 12.2. The van der Waals surface area contributed by atoms with Crippen LogP contribution < -0.4 is 0 Å².